The van der Waals surface area contributed by atoms with Crippen molar-refractivity contribution >= 4 is 24.1 Å². The Morgan fingerprint density at radius 1 is 1.13 bits per heavy atom. The van der Waals surface area contributed by atoms with Gasteiger partial charge in [-0.15, -0.1) is 0 Å². The summed E-state index contributed by atoms with van der Waals surface area (Å²) in [5.41, 5.74) is 0.963. The molecule has 1 atom stereocenters. The van der Waals surface area contributed by atoms with Crippen LogP contribution in [0.4, 0.5) is 0 Å². The lowest BCUT2D eigenvalue weighted by molar-refractivity contribution is -0.178. The quantitative estimate of drug-likeness (QED) is 0.461. The van der Waals surface area contributed by atoms with E-state index in [4.69, 9.17) is 4.84 Å². The van der Waals surface area contributed by atoms with E-state index in [-0.39, 0.29) is 17.7 Å². The summed E-state index contributed by atoms with van der Waals surface area (Å²) < 4.78 is 0. The summed E-state index contributed by atoms with van der Waals surface area (Å²) in [5, 5.41) is 3.91. The maximum atomic E-state index is 12.4. The maximum absolute atomic E-state index is 12.4. The van der Waals surface area contributed by atoms with Crippen molar-refractivity contribution in [3.8, 4) is 0 Å². The highest BCUT2D eigenvalue weighted by atomic mass is 16.7. The average Bonchev–Trinajstić information content (AvgIpc) is 3.22. The second-order valence-electron chi connectivity index (χ2n) is 7.47. The Hall–Kier alpha value is -2.94. The molecular formula is C21H28N4O5. The third-order valence-electron chi connectivity index (χ3n) is 5.36. The monoisotopic (exact) mass is 416 g/mol. The molecule has 0 aliphatic carbocycles. The van der Waals surface area contributed by atoms with Crippen LogP contribution in [0.1, 0.15) is 31.2 Å². The minimum Gasteiger partial charge on any atom is -0.344 e. The fraction of sp³-hybridized carbons (Fsp3) is 0.524. The molecule has 1 unspecified atom stereocenters. The smallest absolute Gasteiger partial charge is 0.245 e. The van der Waals surface area contributed by atoms with Crippen LogP contribution >= 0.6 is 0 Å². The number of hydrogen-bond donors (Lipinski definition) is 1. The lowest BCUT2D eigenvalue weighted by Gasteiger charge is -2.36. The van der Waals surface area contributed by atoms with Crippen molar-refractivity contribution in [3.05, 3.63) is 35.9 Å². The van der Waals surface area contributed by atoms with Gasteiger partial charge in [-0.05, 0) is 18.4 Å². The van der Waals surface area contributed by atoms with Crippen molar-refractivity contribution in [2.45, 2.75) is 38.3 Å². The molecule has 4 amide bonds. The zero-order valence-electron chi connectivity index (χ0n) is 17.0. The molecule has 0 spiro atoms. The zero-order valence-corrected chi connectivity index (χ0v) is 17.0. The Bertz CT molecular complexity index is 749. The van der Waals surface area contributed by atoms with Gasteiger partial charge < -0.3 is 15.1 Å². The molecule has 0 aromatic heterocycles. The van der Waals surface area contributed by atoms with Crippen LogP contribution < -0.4 is 5.32 Å². The first kappa shape index (κ1) is 21.8. The molecule has 3 rings (SSSR count). The van der Waals surface area contributed by atoms with Crippen LogP contribution in [-0.4, -0.2) is 77.8 Å². The Morgan fingerprint density at radius 3 is 2.47 bits per heavy atom. The van der Waals surface area contributed by atoms with Gasteiger partial charge in [0.25, 0.3) is 0 Å². The molecule has 2 heterocycles. The van der Waals surface area contributed by atoms with E-state index >= 15 is 0 Å². The number of hydrogen-bond acceptors (Lipinski definition) is 5. The van der Waals surface area contributed by atoms with Crippen LogP contribution in [0.3, 0.4) is 0 Å². The first-order valence-corrected chi connectivity index (χ1v) is 10.3. The highest BCUT2D eigenvalue weighted by molar-refractivity contribution is 5.91. The Balaban J connectivity index is 1.33. The van der Waals surface area contributed by atoms with Crippen LogP contribution in [0.2, 0.25) is 0 Å². The minimum absolute atomic E-state index is 0.00479. The number of carbonyl (C=O) groups excluding carboxylic acids is 4. The van der Waals surface area contributed by atoms with Gasteiger partial charge in [0.05, 0.1) is 0 Å². The van der Waals surface area contributed by atoms with Crippen molar-refractivity contribution < 1.29 is 24.0 Å². The number of nitrogens with one attached hydrogen (secondary N) is 1. The predicted octanol–water partition coefficient (Wildman–Crippen LogP) is 0.306. The summed E-state index contributed by atoms with van der Waals surface area (Å²) in [6.45, 7) is 2.53. The third kappa shape index (κ3) is 6.03. The molecule has 9 nitrogen and oxygen atoms in total. The van der Waals surface area contributed by atoms with Crippen LogP contribution in [0.15, 0.2) is 30.3 Å². The summed E-state index contributed by atoms with van der Waals surface area (Å²) in [5.74, 6) is -0.144. The van der Waals surface area contributed by atoms with E-state index in [0.717, 1.165) is 5.56 Å². The summed E-state index contributed by atoms with van der Waals surface area (Å²) in [4.78, 5) is 56.3. The third-order valence-corrected chi connectivity index (χ3v) is 5.36. The maximum Gasteiger partial charge on any atom is 0.245 e. The van der Waals surface area contributed by atoms with Gasteiger partial charge in [-0.2, -0.15) is 0 Å². The second kappa shape index (κ2) is 10.7. The first-order valence-electron chi connectivity index (χ1n) is 10.3. The standard InChI is InChI=1S/C21H28N4O5/c26-16-25(30-15-17-5-2-1-3-6-17)10-4-7-20(28)23-11-13-24(14-12-23)21(29)18-8-9-19(27)22-18/h1-3,5-6,16,18H,4,7-15H2,(H,22,27). The number of piperazine rings is 1. The molecule has 1 N–H and O–H groups in total. The van der Waals surface area contributed by atoms with Crippen molar-refractivity contribution in [2.24, 2.45) is 0 Å². The van der Waals surface area contributed by atoms with Gasteiger partial charge in [0.2, 0.25) is 24.1 Å². The molecule has 0 saturated carbocycles. The largest absolute Gasteiger partial charge is 0.344 e. The molecular weight excluding hydrogens is 388 g/mol. The number of nitrogens with zero attached hydrogens (tertiary/aromatic N) is 3. The number of benzene rings is 1. The fourth-order valence-electron chi connectivity index (χ4n) is 3.62. The number of amides is 4. The number of hydroxylamine groups is 2. The minimum atomic E-state index is -0.426. The van der Waals surface area contributed by atoms with Crippen molar-refractivity contribution in [2.75, 3.05) is 32.7 Å². The van der Waals surface area contributed by atoms with Crippen molar-refractivity contribution in [3.63, 3.8) is 0 Å². The molecule has 9 heteroatoms. The van der Waals surface area contributed by atoms with Crippen molar-refractivity contribution in [1.82, 2.24) is 20.2 Å². The summed E-state index contributed by atoms with van der Waals surface area (Å²) in [6, 6.07) is 9.12. The first-order chi connectivity index (χ1) is 14.6. The lowest BCUT2D eigenvalue weighted by Crippen LogP contribution is -2.54. The second-order valence-corrected chi connectivity index (χ2v) is 7.47. The van der Waals surface area contributed by atoms with Gasteiger partial charge in [-0.1, -0.05) is 30.3 Å². The molecule has 162 valence electrons. The number of rotatable bonds is 9. The van der Waals surface area contributed by atoms with E-state index in [1.807, 2.05) is 30.3 Å². The Kier molecular flexibility index (Phi) is 7.78. The zero-order chi connectivity index (χ0) is 21.3. The molecule has 2 aliphatic rings. The normalized spacial score (nSPS) is 18.8. The Labute approximate surface area is 175 Å². The topological polar surface area (TPSA) is 99.3 Å². The highest BCUT2D eigenvalue weighted by Gasteiger charge is 2.32. The predicted molar refractivity (Wildman–Crippen MR) is 108 cm³/mol. The van der Waals surface area contributed by atoms with Crippen LogP contribution in [0, 0.1) is 0 Å². The average molecular weight is 416 g/mol. The summed E-state index contributed by atoms with van der Waals surface area (Å²) in [7, 11) is 0. The van der Waals surface area contributed by atoms with Gasteiger partial charge in [0.15, 0.2) is 0 Å². The highest BCUT2D eigenvalue weighted by Crippen LogP contribution is 2.13. The van der Waals surface area contributed by atoms with Gasteiger partial charge in [-0.25, -0.2) is 5.06 Å². The van der Waals surface area contributed by atoms with Crippen LogP contribution in [-0.2, 0) is 30.6 Å². The SMILES string of the molecule is O=CN(CCCC(=O)N1CCN(C(=O)C2CCC(=O)N2)CC1)OCc1ccccc1. The molecule has 0 radical (unpaired) electrons. The van der Waals surface area contributed by atoms with Crippen LogP contribution in [0.25, 0.3) is 0 Å². The fourth-order valence-corrected chi connectivity index (χ4v) is 3.62. The molecule has 2 saturated heterocycles. The molecule has 2 fully saturated rings. The van der Waals surface area contributed by atoms with Gasteiger partial charge >= 0.3 is 0 Å². The van der Waals surface area contributed by atoms with E-state index < -0.39 is 6.04 Å². The van der Waals surface area contributed by atoms with E-state index in [1.54, 1.807) is 9.80 Å². The molecule has 0 bridgehead atoms. The van der Waals surface area contributed by atoms with E-state index in [0.29, 0.717) is 71.4 Å². The van der Waals surface area contributed by atoms with Gasteiger partial charge in [0.1, 0.15) is 12.6 Å². The van der Waals surface area contributed by atoms with E-state index in [1.165, 1.54) is 5.06 Å². The van der Waals surface area contributed by atoms with Crippen molar-refractivity contribution in [1.29, 1.82) is 0 Å². The summed E-state index contributed by atoms with van der Waals surface area (Å²) in [6.07, 6.45) is 2.36. The molecule has 30 heavy (non-hydrogen) atoms. The summed E-state index contributed by atoms with van der Waals surface area (Å²) >= 11 is 0. The lowest BCUT2D eigenvalue weighted by atomic mass is 10.1. The van der Waals surface area contributed by atoms with E-state index in [2.05, 4.69) is 5.32 Å². The number of carbonyl (C=O) groups is 4. The molecule has 1 aromatic rings. The van der Waals surface area contributed by atoms with E-state index in [9.17, 15) is 19.2 Å². The molecule has 1 aromatic carbocycles. The van der Waals surface area contributed by atoms with Crippen LogP contribution in [0.5, 0.6) is 0 Å². The molecule has 2 aliphatic heterocycles. The van der Waals surface area contributed by atoms with Gasteiger partial charge in [0, 0.05) is 45.6 Å². The Morgan fingerprint density at radius 2 is 1.83 bits per heavy atom. The van der Waals surface area contributed by atoms with Gasteiger partial charge in [-0.3, -0.25) is 24.0 Å².